The number of carboxylic acid groups (broad SMARTS) is 1. The summed E-state index contributed by atoms with van der Waals surface area (Å²) >= 11 is 0. The molecule has 2 aliphatic rings. The van der Waals surface area contributed by atoms with Crippen LogP contribution in [0.3, 0.4) is 0 Å². The van der Waals surface area contributed by atoms with Crippen LogP contribution >= 0.6 is 0 Å². The molecule has 0 bridgehead atoms. The zero-order valence-corrected chi connectivity index (χ0v) is 16.5. The third-order valence-corrected chi connectivity index (χ3v) is 4.94. The van der Waals surface area contributed by atoms with Crippen LogP contribution in [-0.4, -0.2) is 58.8 Å². The highest BCUT2D eigenvalue weighted by Gasteiger charge is 2.48. The summed E-state index contributed by atoms with van der Waals surface area (Å²) < 4.78 is 79.9. The Morgan fingerprint density at radius 1 is 1.24 bits per heavy atom. The number of amidine groups is 1. The van der Waals surface area contributed by atoms with Crippen LogP contribution in [-0.2, 0) is 4.79 Å². The molecule has 1 spiro atoms. The molecule has 3 heterocycles. The third-order valence-electron chi connectivity index (χ3n) is 4.94. The number of benzene rings is 1. The second-order valence-corrected chi connectivity index (χ2v) is 7.07. The number of likely N-dealkylation sites (tertiary alicyclic amines) is 1. The molecule has 1 saturated heterocycles. The molecule has 0 saturated carbocycles. The first-order chi connectivity index (χ1) is 15.4. The molecule has 2 atom stereocenters. The van der Waals surface area contributed by atoms with Gasteiger partial charge in [-0.3, -0.25) is 4.79 Å². The molecule has 1 aromatic carbocycles. The van der Waals surface area contributed by atoms with Crippen LogP contribution < -0.4 is 11.1 Å². The molecule has 178 valence electrons. The lowest BCUT2D eigenvalue weighted by atomic mass is 9.91. The van der Waals surface area contributed by atoms with E-state index < -0.39 is 41.5 Å². The number of carbonyl (C=O) groups excluding carboxylic acids is 1. The Morgan fingerprint density at radius 2 is 1.88 bits per heavy atom. The van der Waals surface area contributed by atoms with Crippen LogP contribution in [0.1, 0.15) is 22.5 Å². The summed E-state index contributed by atoms with van der Waals surface area (Å²) in [6, 6.07) is 4.93. The summed E-state index contributed by atoms with van der Waals surface area (Å²) in [5.74, 6) is -4.87. The topological polar surface area (TPSA) is 121 Å². The van der Waals surface area contributed by atoms with E-state index in [2.05, 4.69) is 10.3 Å². The molecule has 0 radical (unpaired) electrons. The molecule has 2 aromatic rings. The number of hydrogen-bond acceptors (Lipinski definition) is 6. The largest absolute Gasteiger partial charge is 0.490 e. The number of carbonyl (C=O) groups is 2. The zero-order valence-electron chi connectivity index (χ0n) is 16.5. The molecule has 1 amide bonds. The van der Waals surface area contributed by atoms with Crippen LogP contribution in [0.25, 0.3) is 0 Å². The van der Waals surface area contributed by atoms with Gasteiger partial charge in [-0.25, -0.2) is 23.0 Å². The Balaban J connectivity index is 0.000000383. The molecule has 4 N–H and O–H groups in total. The van der Waals surface area contributed by atoms with Gasteiger partial charge in [0.25, 0.3) is 5.91 Å². The highest BCUT2D eigenvalue weighted by Crippen LogP contribution is 2.38. The summed E-state index contributed by atoms with van der Waals surface area (Å²) in [6.07, 6.45) is -5.37. The van der Waals surface area contributed by atoms with Crippen molar-refractivity contribution in [2.24, 2.45) is 10.7 Å². The highest BCUT2D eigenvalue weighted by molar-refractivity contribution is 6.04. The monoisotopic (exact) mass is 478 g/mol. The van der Waals surface area contributed by atoms with Crippen molar-refractivity contribution < 1.29 is 45.5 Å². The van der Waals surface area contributed by atoms with E-state index in [1.807, 2.05) is 0 Å². The van der Waals surface area contributed by atoms with E-state index in [9.17, 15) is 26.7 Å². The van der Waals surface area contributed by atoms with Gasteiger partial charge in [-0.05, 0) is 24.3 Å². The minimum Gasteiger partial charge on any atom is -0.475 e. The van der Waals surface area contributed by atoms with Gasteiger partial charge in [0.05, 0.1) is 24.1 Å². The van der Waals surface area contributed by atoms with E-state index >= 15 is 4.39 Å². The number of fused-ring (bicyclic) bond motifs is 1. The summed E-state index contributed by atoms with van der Waals surface area (Å²) in [5, 5.41) is 9.80. The van der Waals surface area contributed by atoms with E-state index in [0.717, 1.165) is 12.1 Å². The van der Waals surface area contributed by atoms with E-state index in [4.69, 9.17) is 20.1 Å². The molecule has 2 aliphatic heterocycles. The van der Waals surface area contributed by atoms with Crippen molar-refractivity contribution in [2.75, 3.05) is 18.4 Å². The Labute approximate surface area is 181 Å². The molecule has 1 aromatic heterocycles. The van der Waals surface area contributed by atoms with Gasteiger partial charge < -0.3 is 25.5 Å². The third kappa shape index (κ3) is 4.73. The second kappa shape index (κ2) is 8.67. The maximum atomic E-state index is 15.0. The fourth-order valence-corrected chi connectivity index (χ4v) is 3.34. The van der Waals surface area contributed by atoms with Crippen LogP contribution in [0.2, 0.25) is 0 Å². The Hall–Kier alpha value is -3.71. The number of nitrogens with one attached hydrogen (secondary N) is 1. The number of alkyl halides is 4. The van der Waals surface area contributed by atoms with Crippen molar-refractivity contribution in [3.63, 3.8) is 0 Å². The van der Waals surface area contributed by atoms with Crippen molar-refractivity contribution in [3.05, 3.63) is 53.5 Å². The SMILES string of the molecule is NC1=N[C@]2(CCN(C(=O)c3ccco3)C[C@@H]2F)Nc2c(F)ccc(F)c21.O=C(O)C(F)(F)F. The molecule has 1 fully saturated rings. The molecule has 4 rings (SSSR count). The van der Waals surface area contributed by atoms with Crippen molar-refractivity contribution in [1.29, 1.82) is 0 Å². The van der Waals surface area contributed by atoms with Crippen LogP contribution in [0.15, 0.2) is 39.9 Å². The molecule has 8 nitrogen and oxygen atoms in total. The Morgan fingerprint density at radius 3 is 2.42 bits per heavy atom. The number of halogens is 6. The van der Waals surface area contributed by atoms with Gasteiger partial charge in [0.1, 0.15) is 17.5 Å². The lowest BCUT2D eigenvalue weighted by Crippen LogP contribution is -2.60. The Bertz CT molecular complexity index is 1090. The van der Waals surface area contributed by atoms with Gasteiger partial charge >= 0.3 is 12.1 Å². The average Bonchev–Trinajstić information content (AvgIpc) is 3.27. The summed E-state index contributed by atoms with van der Waals surface area (Å²) in [5.41, 5.74) is 3.82. The number of rotatable bonds is 1. The predicted octanol–water partition coefficient (Wildman–Crippen LogP) is 2.90. The van der Waals surface area contributed by atoms with Crippen molar-refractivity contribution in [2.45, 2.75) is 24.4 Å². The van der Waals surface area contributed by atoms with Gasteiger partial charge in [-0.1, -0.05) is 0 Å². The first-order valence-electron chi connectivity index (χ1n) is 9.24. The van der Waals surface area contributed by atoms with Gasteiger partial charge in [-0.2, -0.15) is 13.2 Å². The standard InChI is InChI=1S/C17H15F3N4O2.C2HF3O2/c18-9-3-4-10(19)14-13(9)15(21)23-17(22-14)5-6-24(8-12(17)20)16(25)11-2-1-7-26-11;3-2(4,5)1(6)7/h1-4,7,12,22H,5-6,8H2,(H2,21,23);(H,6,7)/t12-,17-;/m0./s1. The second-order valence-electron chi connectivity index (χ2n) is 7.07. The summed E-state index contributed by atoms with van der Waals surface area (Å²) in [4.78, 5) is 26.6. The molecule has 0 unspecified atom stereocenters. The van der Waals surface area contributed by atoms with E-state index in [-0.39, 0.29) is 42.4 Å². The molecule has 14 heteroatoms. The molecular formula is C19H16F6N4O4. The maximum Gasteiger partial charge on any atom is 0.490 e. The van der Waals surface area contributed by atoms with Crippen LogP contribution in [0.4, 0.5) is 32.0 Å². The number of carboxylic acids is 1. The van der Waals surface area contributed by atoms with Crippen LogP contribution in [0.5, 0.6) is 0 Å². The summed E-state index contributed by atoms with van der Waals surface area (Å²) in [7, 11) is 0. The number of piperidine rings is 1. The smallest absolute Gasteiger partial charge is 0.475 e. The lowest BCUT2D eigenvalue weighted by Gasteiger charge is -2.44. The van der Waals surface area contributed by atoms with Gasteiger partial charge in [-0.15, -0.1) is 0 Å². The number of nitrogens with two attached hydrogens (primary N) is 1. The van der Waals surface area contributed by atoms with E-state index in [0.29, 0.717) is 0 Å². The molecule has 0 aliphatic carbocycles. The first-order valence-corrected chi connectivity index (χ1v) is 9.24. The summed E-state index contributed by atoms with van der Waals surface area (Å²) in [6.45, 7) is -0.133. The first kappa shape index (κ1) is 23.9. The van der Waals surface area contributed by atoms with Crippen molar-refractivity contribution >= 4 is 23.4 Å². The number of hydrogen-bond donors (Lipinski definition) is 3. The van der Waals surface area contributed by atoms with E-state index in [1.54, 1.807) is 6.07 Å². The minimum atomic E-state index is -5.08. The van der Waals surface area contributed by atoms with Gasteiger partial charge in [0.15, 0.2) is 17.6 Å². The normalized spacial score (nSPS) is 21.9. The fraction of sp³-hybridized carbons (Fsp3) is 0.316. The zero-order chi connectivity index (χ0) is 24.6. The van der Waals surface area contributed by atoms with Gasteiger partial charge in [0.2, 0.25) is 0 Å². The minimum absolute atomic E-state index is 0.0384. The number of aliphatic imine (C=N–C) groups is 1. The van der Waals surface area contributed by atoms with Crippen LogP contribution in [0, 0.1) is 11.6 Å². The maximum absolute atomic E-state index is 15.0. The molecular weight excluding hydrogens is 462 g/mol. The predicted molar refractivity (Wildman–Crippen MR) is 101 cm³/mol. The van der Waals surface area contributed by atoms with E-state index in [1.165, 1.54) is 17.2 Å². The van der Waals surface area contributed by atoms with Crippen molar-refractivity contribution in [3.8, 4) is 0 Å². The van der Waals surface area contributed by atoms with Gasteiger partial charge in [0, 0.05) is 13.0 Å². The fourth-order valence-electron chi connectivity index (χ4n) is 3.34. The molecule has 33 heavy (non-hydrogen) atoms. The average molecular weight is 478 g/mol. The number of amides is 1. The highest BCUT2D eigenvalue weighted by atomic mass is 19.4. The number of nitrogens with zero attached hydrogens (tertiary/aromatic N) is 2. The van der Waals surface area contributed by atoms with Crippen molar-refractivity contribution in [1.82, 2.24) is 4.90 Å². The quantitative estimate of drug-likeness (QED) is 0.542. The number of aliphatic carboxylic acids is 1. The number of anilines is 1. The number of furan rings is 1. The Kier molecular flexibility index (Phi) is 6.29. The lowest BCUT2D eigenvalue weighted by molar-refractivity contribution is -0.192.